The molecule has 1 atom stereocenters. The number of carbonyl (C=O) groups excluding carboxylic acids is 2. The Hall–Kier alpha value is -2.69. The molecule has 106 valence electrons. The molecule has 1 aliphatic rings. The van der Waals surface area contributed by atoms with Gasteiger partial charge in [0.05, 0.1) is 5.92 Å². The Morgan fingerprint density at radius 3 is 2.95 bits per heavy atom. The molecule has 0 fully saturated rings. The molecule has 21 heavy (non-hydrogen) atoms. The Balaban J connectivity index is 1.86. The largest absolute Gasteiger partial charge is 0.326 e. The van der Waals surface area contributed by atoms with Crippen LogP contribution in [0.4, 0.5) is 11.5 Å². The van der Waals surface area contributed by atoms with E-state index in [9.17, 15) is 9.59 Å². The molecule has 0 radical (unpaired) electrons. The molecule has 0 bridgehead atoms. The third kappa shape index (κ3) is 2.76. The Kier molecular flexibility index (Phi) is 3.39. The number of rotatable bonds is 2. The standard InChI is InChI=1S/C16H15N3O2/c1-10-6-7-17-14(8-10)19-16(21)12-9-15(20)18-13-5-3-2-4-11(12)13/h2-8,12H,9H2,1H3,(H,18,20)(H,17,19,21). The summed E-state index contributed by atoms with van der Waals surface area (Å²) in [5.41, 5.74) is 2.55. The van der Waals surface area contributed by atoms with Crippen LogP contribution < -0.4 is 10.6 Å². The third-order valence-corrected chi connectivity index (χ3v) is 3.48. The van der Waals surface area contributed by atoms with Crippen LogP contribution in [0.3, 0.4) is 0 Å². The lowest BCUT2D eigenvalue weighted by Crippen LogP contribution is -2.30. The normalized spacial score (nSPS) is 16.8. The van der Waals surface area contributed by atoms with E-state index in [1.54, 1.807) is 18.3 Å². The summed E-state index contributed by atoms with van der Waals surface area (Å²) in [6.45, 7) is 1.93. The SMILES string of the molecule is Cc1ccnc(NC(=O)C2CC(=O)Nc3ccccc32)c1. The number of benzene rings is 1. The van der Waals surface area contributed by atoms with Crippen LogP contribution in [0.2, 0.25) is 0 Å². The van der Waals surface area contributed by atoms with Crippen LogP contribution in [0.25, 0.3) is 0 Å². The van der Waals surface area contributed by atoms with Crippen LogP contribution in [-0.4, -0.2) is 16.8 Å². The first-order valence-corrected chi connectivity index (χ1v) is 6.76. The summed E-state index contributed by atoms with van der Waals surface area (Å²) in [4.78, 5) is 28.3. The van der Waals surface area contributed by atoms with Gasteiger partial charge in [-0.1, -0.05) is 18.2 Å². The molecule has 0 saturated heterocycles. The van der Waals surface area contributed by atoms with E-state index < -0.39 is 5.92 Å². The second kappa shape index (κ2) is 5.36. The van der Waals surface area contributed by atoms with Crippen LogP contribution >= 0.6 is 0 Å². The Bertz CT molecular complexity index is 712. The molecule has 2 amide bonds. The topological polar surface area (TPSA) is 71.1 Å². The van der Waals surface area contributed by atoms with Crippen molar-refractivity contribution in [3.8, 4) is 0 Å². The molecule has 0 saturated carbocycles. The zero-order valence-electron chi connectivity index (χ0n) is 11.6. The lowest BCUT2D eigenvalue weighted by atomic mass is 9.90. The smallest absolute Gasteiger partial charge is 0.233 e. The number of amides is 2. The lowest BCUT2D eigenvalue weighted by Gasteiger charge is -2.24. The number of aromatic nitrogens is 1. The van der Waals surface area contributed by atoms with Crippen molar-refractivity contribution in [3.05, 3.63) is 53.7 Å². The van der Waals surface area contributed by atoms with E-state index in [-0.39, 0.29) is 18.2 Å². The second-order valence-corrected chi connectivity index (χ2v) is 5.10. The molecule has 1 aromatic heterocycles. The molecule has 1 aliphatic heterocycles. The molecule has 2 aromatic rings. The second-order valence-electron chi connectivity index (χ2n) is 5.10. The maximum atomic E-state index is 12.5. The first-order chi connectivity index (χ1) is 10.1. The van der Waals surface area contributed by atoms with Gasteiger partial charge in [-0.3, -0.25) is 9.59 Å². The average Bonchev–Trinajstić information content (AvgIpc) is 2.46. The maximum absolute atomic E-state index is 12.5. The number of pyridine rings is 1. The van der Waals surface area contributed by atoms with Gasteiger partial charge in [0.15, 0.2) is 0 Å². The molecule has 0 spiro atoms. The van der Waals surface area contributed by atoms with Crippen LogP contribution in [0, 0.1) is 6.92 Å². The zero-order valence-corrected chi connectivity index (χ0v) is 11.6. The first kappa shape index (κ1) is 13.3. The van der Waals surface area contributed by atoms with E-state index >= 15 is 0 Å². The molecule has 0 aliphatic carbocycles. The summed E-state index contributed by atoms with van der Waals surface area (Å²) >= 11 is 0. The van der Waals surface area contributed by atoms with Gasteiger partial charge in [0.2, 0.25) is 11.8 Å². The fourth-order valence-electron chi connectivity index (χ4n) is 2.46. The number of hydrogen-bond acceptors (Lipinski definition) is 3. The van der Waals surface area contributed by atoms with Gasteiger partial charge in [-0.15, -0.1) is 0 Å². The van der Waals surface area contributed by atoms with Gasteiger partial charge in [0, 0.05) is 18.3 Å². The molecule has 5 nitrogen and oxygen atoms in total. The maximum Gasteiger partial charge on any atom is 0.233 e. The van der Waals surface area contributed by atoms with E-state index in [1.807, 2.05) is 31.2 Å². The summed E-state index contributed by atoms with van der Waals surface area (Å²) in [5, 5.41) is 5.57. The highest BCUT2D eigenvalue weighted by Crippen LogP contribution is 2.32. The molecular formula is C16H15N3O2. The summed E-state index contributed by atoms with van der Waals surface area (Å²) < 4.78 is 0. The van der Waals surface area contributed by atoms with Gasteiger partial charge in [0.1, 0.15) is 5.82 Å². The number of nitrogens with one attached hydrogen (secondary N) is 2. The summed E-state index contributed by atoms with van der Waals surface area (Å²) in [6, 6.07) is 11.0. The van der Waals surface area contributed by atoms with Crippen molar-refractivity contribution in [1.29, 1.82) is 0 Å². The summed E-state index contributed by atoms with van der Waals surface area (Å²) in [5.74, 6) is -0.345. The molecular weight excluding hydrogens is 266 g/mol. The first-order valence-electron chi connectivity index (χ1n) is 6.76. The van der Waals surface area contributed by atoms with E-state index in [0.29, 0.717) is 11.5 Å². The molecule has 2 N–H and O–H groups in total. The predicted octanol–water partition coefficient (Wildman–Crippen LogP) is 2.45. The number of hydrogen-bond donors (Lipinski definition) is 2. The molecule has 3 rings (SSSR count). The van der Waals surface area contributed by atoms with Crippen LogP contribution in [0.5, 0.6) is 0 Å². The molecule has 1 unspecified atom stereocenters. The lowest BCUT2D eigenvalue weighted by molar-refractivity contribution is -0.123. The average molecular weight is 281 g/mol. The fourth-order valence-corrected chi connectivity index (χ4v) is 2.46. The van der Waals surface area contributed by atoms with Crippen molar-refractivity contribution >= 4 is 23.3 Å². The molecule has 2 heterocycles. The summed E-state index contributed by atoms with van der Waals surface area (Å²) in [6.07, 6.45) is 1.79. The predicted molar refractivity (Wildman–Crippen MR) is 80.0 cm³/mol. The van der Waals surface area contributed by atoms with Crippen molar-refractivity contribution < 1.29 is 9.59 Å². The monoisotopic (exact) mass is 281 g/mol. The number of para-hydroxylation sites is 1. The van der Waals surface area contributed by atoms with E-state index in [0.717, 1.165) is 11.1 Å². The summed E-state index contributed by atoms with van der Waals surface area (Å²) in [7, 11) is 0. The fraction of sp³-hybridized carbons (Fsp3) is 0.188. The van der Waals surface area contributed by atoms with E-state index in [4.69, 9.17) is 0 Å². The van der Waals surface area contributed by atoms with Gasteiger partial charge in [0.25, 0.3) is 0 Å². The number of anilines is 2. The number of fused-ring (bicyclic) bond motifs is 1. The van der Waals surface area contributed by atoms with Gasteiger partial charge in [-0.25, -0.2) is 4.98 Å². The third-order valence-electron chi connectivity index (χ3n) is 3.48. The van der Waals surface area contributed by atoms with Gasteiger partial charge in [-0.05, 0) is 36.2 Å². The molecule has 1 aromatic carbocycles. The van der Waals surface area contributed by atoms with Crippen molar-refractivity contribution in [2.24, 2.45) is 0 Å². The zero-order chi connectivity index (χ0) is 14.8. The van der Waals surface area contributed by atoms with Crippen molar-refractivity contribution in [2.75, 3.05) is 10.6 Å². The van der Waals surface area contributed by atoms with Crippen LogP contribution in [-0.2, 0) is 9.59 Å². The Labute approximate surface area is 122 Å². The van der Waals surface area contributed by atoms with Crippen LogP contribution in [0.1, 0.15) is 23.5 Å². The highest BCUT2D eigenvalue weighted by atomic mass is 16.2. The van der Waals surface area contributed by atoms with Gasteiger partial charge < -0.3 is 10.6 Å². The quantitative estimate of drug-likeness (QED) is 0.888. The minimum atomic E-state index is -0.489. The number of nitrogens with zero attached hydrogens (tertiary/aromatic N) is 1. The van der Waals surface area contributed by atoms with Crippen molar-refractivity contribution in [3.63, 3.8) is 0 Å². The minimum absolute atomic E-state index is 0.147. The highest BCUT2D eigenvalue weighted by Gasteiger charge is 2.30. The minimum Gasteiger partial charge on any atom is -0.326 e. The van der Waals surface area contributed by atoms with Gasteiger partial charge in [-0.2, -0.15) is 0 Å². The number of carbonyl (C=O) groups is 2. The highest BCUT2D eigenvalue weighted by molar-refractivity contribution is 6.04. The van der Waals surface area contributed by atoms with E-state index in [1.165, 1.54) is 0 Å². The van der Waals surface area contributed by atoms with Crippen molar-refractivity contribution in [2.45, 2.75) is 19.3 Å². The van der Waals surface area contributed by atoms with Crippen LogP contribution in [0.15, 0.2) is 42.6 Å². The molecule has 5 heteroatoms. The van der Waals surface area contributed by atoms with Gasteiger partial charge >= 0.3 is 0 Å². The van der Waals surface area contributed by atoms with Crippen molar-refractivity contribution in [1.82, 2.24) is 4.98 Å². The Morgan fingerprint density at radius 2 is 2.14 bits per heavy atom. The van der Waals surface area contributed by atoms with E-state index in [2.05, 4.69) is 15.6 Å². The Morgan fingerprint density at radius 1 is 1.33 bits per heavy atom. The number of aryl methyl sites for hydroxylation is 1.